The second-order valence-electron chi connectivity index (χ2n) is 4.74. The molecule has 0 aliphatic carbocycles. The van der Waals surface area contributed by atoms with Crippen LogP contribution in [0.1, 0.15) is 25.0 Å². The molecule has 0 aliphatic rings. The Bertz CT molecular complexity index is 377. The Hall–Kier alpha value is -1.35. The minimum atomic E-state index is 0.0301. The van der Waals surface area contributed by atoms with Crippen molar-refractivity contribution in [2.45, 2.75) is 27.2 Å². The van der Waals surface area contributed by atoms with E-state index in [4.69, 9.17) is 0 Å². The summed E-state index contributed by atoms with van der Waals surface area (Å²) < 4.78 is 0. The standard InChI is InChI=1S/C15H24N2O/c1-4-16-11-13(3)15(18)17-9-8-14-7-5-6-12(2)10-14/h5-7,10,13,16H,4,8-9,11H2,1-3H3,(H,17,18). The number of amides is 1. The average Bonchev–Trinajstić information content (AvgIpc) is 2.35. The molecule has 100 valence electrons. The molecule has 3 nitrogen and oxygen atoms in total. The number of hydrogen-bond acceptors (Lipinski definition) is 2. The topological polar surface area (TPSA) is 41.1 Å². The first-order chi connectivity index (χ1) is 8.63. The van der Waals surface area contributed by atoms with E-state index < -0.39 is 0 Å². The summed E-state index contributed by atoms with van der Waals surface area (Å²) in [5.41, 5.74) is 2.54. The Morgan fingerprint density at radius 1 is 1.39 bits per heavy atom. The summed E-state index contributed by atoms with van der Waals surface area (Å²) in [7, 11) is 0. The van der Waals surface area contributed by atoms with Crippen molar-refractivity contribution in [3.05, 3.63) is 35.4 Å². The number of aryl methyl sites for hydroxylation is 1. The molecule has 2 N–H and O–H groups in total. The molecule has 0 saturated heterocycles. The lowest BCUT2D eigenvalue weighted by molar-refractivity contribution is -0.124. The molecule has 0 bridgehead atoms. The molecule has 1 rings (SSSR count). The summed E-state index contributed by atoms with van der Waals surface area (Å²) in [6.45, 7) is 8.43. The van der Waals surface area contributed by atoms with Gasteiger partial charge >= 0.3 is 0 Å². The Kier molecular flexibility index (Phi) is 6.44. The molecule has 0 heterocycles. The molecular weight excluding hydrogens is 224 g/mol. The van der Waals surface area contributed by atoms with Gasteiger partial charge in [-0.05, 0) is 25.5 Å². The molecule has 0 fully saturated rings. The Balaban J connectivity index is 2.27. The highest BCUT2D eigenvalue weighted by molar-refractivity contribution is 5.78. The monoisotopic (exact) mass is 248 g/mol. The van der Waals surface area contributed by atoms with Crippen LogP contribution in [0.3, 0.4) is 0 Å². The van der Waals surface area contributed by atoms with Gasteiger partial charge in [0.1, 0.15) is 0 Å². The summed E-state index contributed by atoms with van der Waals surface area (Å²) in [6, 6.07) is 8.40. The third-order valence-corrected chi connectivity index (χ3v) is 2.94. The van der Waals surface area contributed by atoms with E-state index in [2.05, 4.69) is 41.8 Å². The van der Waals surface area contributed by atoms with E-state index in [9.17, 15) is 4.79 Å². The molecule has 1 aromatic carbocycles. The van der Waals surface area contributed by atoms with Crippen molar-refractivity contribution < 1.29 is 4.79 Å². The van der Waals surface area contributed by atoms with Crippen LogP contribution in [0, 0.1) is 12.8 Å². The molecule has 1 aromatic rings. The zero-order chi connectivity index (χ0) is 13.4. The van der Waals surface area contributed by atoms with E-state index in [1.165, 1.54) is 11.1 Å². The number of carbonyl (C=O) groups is 1. The lowest BCUT2D eigenvalue weighted by Crippen LogP contribution is -2.36. The zero-order valence-corrected chi connectivity index (χ0v) is 11.6. The van der Waals surface area contributed by atoms with Crippen LogP contribution in [-0.2, 0) is 11.2 Å². The minimum Gasteiger partial charge on any atom is -0.355 e. The van der Waals surface area contributed by atoms with Crippen molar-refractivity contribution >= 4 is 5.91 Å². The van der Waals surface area contributed by atoms with Crippen LogP contribution >= 0.6 is 0 Å². The van der Waals surface area contributed by atoms with E-state index in [-0.39, 0.29) is 11.8 Å². The molecule has 1 unspecified atom stereocenters. The molecule has 0 spiro atoms. The van der Waals surface area contributed by atoms with Gasteiger partial charge in [-0.3, -0.25) is 4.79 Å². The van der Waals surface area contributed by atoms with E-state index in [0.29, 0.717) is 6.54 Å². The van der Waals surface area contributed by atoms with Crippen LogP contribution in [-0.4, -0.2) is 25.5 Å². The van der Waals surface area contributed by atoms with Gasteiger partial charge in [0.25, 0.3) is 0 Å². The van der Waals surface area contributed by atoms with Crippen LogP contribution in [0.25, 0.3) is 0 Å². The van der Waals surface area contributed by atoms with E-state index in [1.54, 1.807) is 0 Å². The summed E-state index contributed by atoms with van der Waals surface area (Å²) in [5.74, 6) is 0.158. The van der Waals surface area contributed by atoms with Crippen LogP contribution in [0.4, 0.5) is 0 Å². The van der Waals surface area contributed by atoms with E-state index in [1.807, 2.05) is 13.8 Å². The fourth-order valence-electron chi connectivity index (χ4n) is 1.83. The molecule has 0 aromatic heterocycles. The highest BCUT2D eigenvalue weighted by Crippen LogP contribution is 2.04. The first-order valence-corrected chi connectivity index (χ1v) is 6.67. The first-order valence-electron chi connectivity index (χ1n) is 6.67. The summed E-state index contributed by atoms with van der Waals surface area (Å²) >= 11 is 0. The predicted octanol–water partition coefficient (Wildman–Crippen LogP) is 1.90. The number of hydrogen-bond donors (Lipinski definition) is 2. The second-order valence-corrected chi connectivity index (χ2v) is 4.74. The van der Waals surface area contributed by atoms with Crippen molar-refractivity contribution in [1.29, 1.82) is 0 Å². The molecule has 0 saturated carbocycles. The predicted molar refractivity (Wildman–Crippen MR) is 75.6 cm³/mol. The maximum Gasteiger partial charge on any atom is 0.224 e. The third kappa shape index (κ3) is 5.32. The number of carbonyl (C=O) groups excluding carboxylic acids is 1. The third-order valence-electron chi connectivity index (χ3n) is 2.94. The Labute approximate surface area is 110 Å². The molecule has 0 radical (unpaired) electrons. The van der Waals surface area contributed by atoms with Crippen LogP contribution < -0.4 is 10.6 Å². The normalized spacial score (nSPS) is 12.2. The van der Waals surface area contributed by atoms with Gasteiger partial charge in [0.05, 0.1) is 0 Å². The smallest absolute Gasteiger partial charge is 0.224 e. The van der Waals surface area contributed by atoms with Crippen LogP contribution in [0.2, 0.25) is 0 Å². The molecule has 1 atom stereocenters. The molecule has 1 amide bonds. The van der Waals surface area contributed by atoms with Gasteiger partial charge in [0.15, 0.2) is 0 Å². The lowest BCUT2D eigenvalue weighted by Gasteiger charge is -2.12. The second kappa shape index (κ2) is 7.88. The van der Waals surface area contributed by atoms with Crippen LogP contribution in [0.5, 0.6) is 0 Å². The lowest BCUT2D eigenvalue weighted by atomic mass is 10.1. The minimum absolute atomic E-state index is 0.0301. The van der Waals surface area contributed by atoms with Crippen molar-refractivity contribution in [2.75, 3.05) is 19.6 Å². The molecule has 3 heteroatoms. The number of benzene rings is 1. The summed E-state index contributed by atoms with van der Waals surface area (Å²) in [4.78, 5) is 11.8. The maximum atomic E-state index is 11.8. The van der Waals surface area contributed by atoms with Gasteiger partial charge in [-0.1, -0.05) is 43.7 Å². The quantitative estimate of drug-likeness (QED) is 0.774. The van der Waals surface area contributed by atoms with Gasteiger partial charge in [0.2, 0.25) is 5.91 Å². The van der Waals surface area contributed by atoms with E-state index >= 15 is 0 Å². The highest BCUT2D eigenvalue weighted by Gasteiger charge is 2.10. The highest BCUT2D eigenvalue weighted by atomic mass is 16.1. The van der Waals surface area contributed by atoms with Gasteiger partial charge in [0, 0.05) is 19.0 Å². The zero-order valence-electron chi connectivity index (χ0n) is 11.6. The SMILES string of the molecule is CCNCC(C)C(=O)NCCc1cccc(C)c1. The largest absolute Gasteiger partial charge is 0.355 e. The van der Waals surface area contributed by atoms with Crippen LogP contribution in [0.15, 0.2) is 24.3 Å². The average molecular weight is 248 g/mol. The van der Waals surface area contributed by atoms with Gasteiger partial charge in [-0.25, -0.2) is 0 Å². The fourth-order valence-corrected chi connectivity index (χ4v) is 1.83. The summed E-state index contributed by atoms with van der Waals surface area (Å²) in [5, 5.41) is 6.16. The molecule has 0 aliphatic heterocycles. The van der Waals surface area contributed by atoms with Gasteiger partial charge in [-0.2, -0.15) is 0 Å². The summed E-state index contributed by atoms with van der Waals surface area (Å²) in [6.07, 6.45) is 0.890. The molecule has 18 heavy (non-hydrogen) atoms. The van der Waals surface area contributed by atoms with Crippen molar-refractivity contribution in [3.63, 3.8) is 0 Å². The first kappa shape index (κ1) is 14.7. The Morgan fingerprint density at radius 2 is 2.17 bits per heavy atom. The van der Waals surface area contributed by atoms with Crippen molar-refractivity contribution in [1.82, 2.24) is 10.6 Å². The van der Waals surface area contributed by atoms with Gasteiger partial charge in [-0.15, -0.1) is 0 Å². The fraction of sp³-hybridized carbons (Fsp3) is 0.533. The van der Waals surface area contributed by atoms with Gasteiger partial charge < -0.3 is 10.6 Å². The molecular formula is C15H24N2O. The maximum absolute atomic E-state index is 11.8. The number of nitrogens with one attached hydrogen (secondary N) is 2. The van der Waals surface area contributed by atoms with E-state index in [0.717, 1.165) is 19.5 Å². The Morgan fingerprint density at radius 3 is 2.83 bits per heavy atom. The number of rotatable bonds is 7. The van der Waals surface area contributed by atoms with Crippen molar-refractivity contribution in [2.24, 2.45) is 5.92 Å². The van der Waals surface area contributed by atoms with Crippen molar-refractivity contribution in [3.8, 4) is 0 Å².